The highest BCUT2D eigenvalue weighted by molar-refractivity contribution is 7.13. The maximum absolute atomic E-state index is 12.8. The van der Waals surface area contributed by atoms with Crippen LogP contribution in [0.4, 0.5) is 10.8 Å². The number of thiophene rings is 1. The van der Waals surface area contributed by atoms with Gasteiger partial charge < -0.3 is 15.4 Å². The summed E-state index contributed by atoms with van der Waals surface area (Å²) in [4.78, 5) is 19.8. The molecule has 1 amide bonds. The Morgan fingerprint density at radius 1 is 1.32 bits per heavy atom. The van der Waals surface area contributed by atoms with Crippen LogP contribution in [0.2, 0.25) is 0 Å². The molecule has 126 valence electrons. The second kappa shape index (κ2) is 6.34. The first-order chi connectivity index (χ1) is 12.2. The summed E-state index contributed by atoms with van der Waals surface area (Å²) in [5.41, 5.74) is 8.18. The van der Waals surface area contributed by atoms with Crippen molar-refractivity contribution in [2.24, 2.45) is 0 Å². The number of benzene rings is 1. The Kier molecular flexibility index (Phi) is 4.03. The van der Waals surface area contributed by atoms with Gasteiger partial charge in [0.15, 0.2) is 16.6 Å². The minimum atomic E-state index is -0.140. The van der Waals surface area contributed by atoms with E-state index in [1.165, 1.54) is 11.3 Å². The normalized spacial score (nSPS) is 15.3. The second-order valence-corrected chi connectivity index (χ2v) is 7.30. The van der Waals surface area contributed by atoms with Crippen LogP contribution >= 0.6 is 22.7 Å². The lowest BCUT2D eigenvalue weighted by atomic mass is 10.1. The summed E-state index contributed by atoms with van der Waals surface area (Å²) in [6.07, 6.45) is 1.79. The minimum absolute atomic E-state index is 0.140. The van der Waals surface area contributed by atoms with Gasteiger partial charge in [-0.3, -0.25) is 4.79 Å². The zero-order valence-corrected chi connectivity index (χ0v) is 15.1. The van der Waals surface area contributed by atoms with E-state index in [0.717, 1.165) is 21.8 Å². The van der Waals surface area contributed by atoms with Crippen molar-refractivity contribution in [3.05, 3.63) is 51.7 Å². The Hall–Kier alpha value is -2.64. The molecule has 0 radical (unpaired) electrons. The molecule has 1 aliphatic heterocycles. The fraction of sp³-hybridized carbons (Fsp3) is 0.111. The molecule has 3 aromatic rings. The van der Waals surface area contributed by atoms with Crippen molar-refractivity contribution < 1.29 is 9.53 Å². The molecule has 2 N–H and O–H groups in total. The van der Waals surface area contributed by atoms with Crippen molar-refractivity contribution in [1.29, 1.82) is 0 Å². The van der Waals surface area contributed by atoms with Crippen LogP contribution in [0, 0.1) is 0 Å². The van der Waals surface area contributed by atoms with Crippen molar-refractivity contribution in [1.82, 2.24) is 4.98 Å². The lowest BCUT2D eigenvalue weighted by Gasteiger charge is -2.30. The van der Waals surface area contributed by atoms with Gasteiger partial charge in [0.05, 0.1) is 11.4 Å². The molecule has 2 aromatic heterocycles. The van der Waals surface area contributed by atoms with Gasteiger partial charge in [0.25, 0.3) is 5.91 Å². The maximum Gasteiger partial charge on any atom is 0.294 e. The molecule has 4 rings (SSSR count). The quantitative estimate of drug-likeness (QED) is 0.701. The Balaban J connectivity index is 1.76. The number of carbonyl (C=O) groups excluding carboxylic acids is 1. The Morgan fingerprint density at radius 2 is 2.20 bits per heavy atom. The number of amides is 1. The number of rotatable bonds is 3. The predicted octanol–water partition coefficient (Wildman–Crippen LogP) is 4.24. The Labute approximate surface area is 153 Å². The van der Waals surface area contributed by atoms with Gasteiger partial charge in [0.1, 0.15) is 0 Å². The molecule has 3 heterocycles. The number of anilines is 2. The van der Waals surface area contributed by atoms with E-state index in [2.05, 4.69) is 4.98 Å². The zero-order valence-electron chi connectivity index (χ0n) is 13.4. The fourth-order valence-corrected chi connectivity index (χ4v) is 3.93. The molecular formula is C18H15N3O2S2. The third-order valence-electron chi connectivity index (χ3n) is 3.88. The Bertz CT molecular complexity index is 961. The summed E-state index contributed by atoms with van der Waals surface area (Å²) in [6.45, 7) is 2.50. The van der Waals surface area contributed by atoms with Crippen LogP contribution < -0.4 is 15.4 Å². The molecule has 0 fully saturated rings. The lowest BCUT2D eigenvalue weighted by molar-refractivity contribution is -0.117. The van der Waals surface area contributed by atoms with Crippen LogP contribution in [-0.2, 0) is 4.79 Å². The van der Waals surface area contributed by atoms with Gasteiger partial charge in [0.2, 0.25) is 0 Å². The van der Waals surface area contributed by atoms with Crippen LogP contribution in [0.5, 0.6) is 5.75 Å². The van der Waals surface area contributed by atoms with Gasteiger partial charge in [-0.15, -0.1) is 22.7 Å². The van der Waals surface area contributed by atoms with E-state index in [1.807, 2.05) is 48.0 Å². The Morgan fingerprint density at radius 3 is 2.88 bits per heavy atom. The number of carbonyl (C=O) groups is 1. The first kappa shape index (κ1) is 15.9. The fourth-order valence-electron chi connectivity index (χ4n) is 2.71. The van der Waals surface area contributed by atoms with Crippen LogP contribution in [0.1, 0.15) is 11.8 Å². The molecule has 0 saturated carbocycles. The van der Waals surface area contributed by atoms with Crippen LogP contribution in [0.25, 0.3) is 17.3 Å². The number of fused-ring (bicyclic) bond motifs is 1. The standard InChI is InChI=1S/C18H15N3O2S2/c1-2-21-14-8-11(13-10-25-18(19)20-13)5-6-15(14)23-16(17(21)22)9-12-4-3-7-24-12/h3-10H,2H2,1H3,(H2,19,20)/b16-9+. The van der Waals surface area contributed by atoms with Gasteiger partial charge in [-0.05, 0) is 36.6 Å². The third-order valence-corrected chi connectivity index (χ3v) is 5.37. The van der Waals surface area contributed by atoms with Gasteiger partial charge in [-0.25, -0.2) is 4.98 Å². The summed E-state index contributed by atoms with van der Waals surface area (Å²) >= 11 is 2.96. The summed E-state index contributed by atoms with van der Waals surface area (Å²) in [7, 11) is 0. The molecule has 0 aliphatic carbocycles. The smallest absolute Gasteiger partial charge is 0.294 e. The van der Waals surface area contributed by atoms with E-state index in [4.69, 9.17) is 10.5 Å². The van der Waals surface area contributed by atoms with E-state index in [-0.39, 0.29) is 5.91 Å². The minimum Gasteiger partial charge on any atom is -0.449 e. The summed E-state index contributed by atoms with van der Waals surface area (Å²) in [6, 6.07) is 9.63. The molecule has 0 saturated heterocycles. The second-order valence-electron chi connectivity index (χ2n) is 5.43. The molecule has 25 heavy (non-hydrogen) atoms. The largest absolute Gasteiger partial charge is 0.449 e. The summed E-state index contributed by atoms with van der Waals surface area (Å²) < 4.78 is 5.88. The molecular weight excluding hydrogens is 354 g/mol. The summed E-state index contributed by atoms with van der Waals surface area (Å²) in [5.74, 6) is 0.858. The SMILES string of the molecule is CCN1C(=O)/C(=C\c2cccs2)Oc2ccc(-c3csc(N)n3)cc21. The van der Waals surface area contributed by atoms with Crippen LogP contribution in [0.3, 0.4) is 0 Å². The maximum atomic E-state index is 12.8. The number of thiazole rings is 1. The van der Waals surface area contributed by atoms with Gasteiger partial charge in [-0.1, -0.05) is 6.07 Å². The number of nitrogens with two attached hydrogens (primary N) is 1. The van der Waals surface area contributed by atoms with E-state index >= 15 is 0 Å². The van der Waals surface area contributed by atoms with Crippen LogP contribution in [0.15, 0.2) is 46.9 Å². The zero-order chi connectivity index (χ0) is 17.4. The number of likely N-dealkylation sites (N-methyl/N-ethyl adjacent to an activating group) is 1. The molecule has 0 atom stereocenters. The summed E-state index contributed by atoms with van der Waals surface area (Å²) in [5, 5.41) is 4.39. The van der Waals surface area contributed by atoms with Crippen LogP contribution in [-0.4, -0.2) is 17.4 Å². The molecule has 0 spiro atoms. The molecule has 0 unspecified atom stereocenters. The third kappa shape index (κ3) is 2.92. The van der Waals surface area contributed by atoms with Crippen molar-refractivity contribution in [3.63, 3.8) is 0 Å². The first-order valence-electron chi connectivity index (χ1n) is 7.76. The molecule has 0 bridgehead atoms. The lowest BCUT2D eigenvalue weighted by Crippen LogP contribution is -2.37. The molecule has 5 nitrogen and oxygen atoms in total. The van der Waals surface area contributed by atoms with Crippen molar-refractivity contribution >= 4 is 45.5 Å². The van der Waals surface area contributed by atoms with Crippen molar-refractivity contribution in [3.8, 4) is 17.0 Å². The van der Waals surface area contributed by atoms with E-state index in [9.17, 15) is 4.79 Å². The number of nitrogens with zero attached hydrogens (tertiary/aromatic N) is 2. The van der Waals surface area contributed by atoms with Crippen molar-refractivity contribution in [2.45, 2.75) is 6.92 Å². The highest BCUT2D eigenvalue weighted by Gasteiger charge is 2.29. The van der Waals surface area contributed by atoms with E-state index in [1.54, 1.807) is 22.3 Å². The number of nitrogen functional groups attached to an aromatic ring is 1. The van der Waals surface area contributed by atoms with Gasteiger partial charge >= 0.3 is 0 Å². The first-order valence-corrected chi connectivity index (χ1v) is 9.52. The van der Waals surface area contributed by atoms with Crippen molar-refractivity contribution in [2.75, 3.05) is 17.2 Å². The average molecular weight is 369 g/mol. The van der Waals surface area contributed by atoms with Gasteiger partial charge in [0, 0.05) is 28.4 Å². The number of ether oxygens (including phenoxy) is 1. The van der Waals surface area contributed by atoms with E-state index < -0.39 is 0 Å². The monoisotopic (exact) mass is 369 g/mol. The number of hydrogen-bond donors (Lipinski definition) is 1. The van der Waals surface area contributed by atoms with E-state index in [0.29, 0.717) is 23.2 Å². The molecule has 1 aromatic carbocycles. The molecule has 7 heteroatoms. The number of hydrogen-bond acceptors (Lipinski definition) is 6. The van der Waals surface area contributed by atoms with Gasteiger partial charge in [-0.2, -0.15) is 0 Å². The average Bonchev–Trinajstić information content (AvgIpc) is 3.27. The highest BCUT2D eigenvalue weighted by atomic mass is 32.1. The highest BCUT2D eigenvalue weighted by Crippen LogP contribution is 2.39. The predicted molar refractivity (Wildman–Crippen MR) is 103 cm³/mol. The number of aromatic nitrogens is 1. The molecule has 1 aliphatic rings. The topological polar surface area (TPSA) is 68.5 Å².